The number of allylic oxidation sites excluding steroid dienone is 1. The van der Waals surface area contributed by atoms with Crippen molar-refractivity contribution >= 4 is 22.7 Å². The van der Waals surface area contributed by atoms with E-state index in [9.17, 15) is 9.65 Å². The van der Waals surface area contributed by atoms with E-state index in [4.69, 9.17) is 9.47 Å². The summed E-state index contributed by atoms with van der Waals surface area (Å²) in [7, 11) is 1.56. The third-order valence-electron chi connectivity index (χ3n) is 5.28. The Hall–Kier alpha value is -4.11. The first-order valence-corrected chi connectivity index (χ1v) is 10.1. The van der Waals surface area contributed by atoms with E-state index in [1.165, 1.54) is 12.1 Å². The Bertz CT molecular complexity index is 1310. The molecule has 4 aromatic rings. The number of aromatic nitrogens is 2. The van der Waals surface area contributed by atoms with Crippen molar-refractivity contribution in [2.24, 2.45) is 0 Å². The molecular weight excluding hydrogens is 405 g/mol. The van der Waals surface area contributed by atoms with E-state index in [1.54, 1.807) is 37.5 Å². The minimum atomic E-state index is -0.287. The molecule has 1 heterocycles. The van der Waals surface area contributed by atoms with Crippen molar-refractivity contribution in [2.75, 3.05) is 7.11 Å². The molecule has 0 radical (unpaired) electrons. The lowest BCUT2D eigenvalue weighted by atomic mass is 10.1. The molecule has 0 unspecified atom stereocenters. The fourth-order valence-corrected chi connectivity index (χ4v) is 3.35. The van der Waals surface area contributed by atoms with Crippen molar-refractivity contribution in [3.8, 4) is 17.6 Å². The van der Waals surface area contributed by atoms with Gasteiger partial charge in [-0.3, -0.25) is 0 Å². The summed E-state index contributed by atoms with van der Waals surface area (Å²) in [6, 6.07) is 17.8. The Balaban J connectivity index is 1.59. The van der Waals surface area contributed by atoms with Gasteiger partial charge in [-0.2, -0.15) is 5.26 Å². The maximum Gasteiger partial charge on any atom is 0.161 e. The summed E-state index contributed by atoms with van der Waals surface area (Å²) in [4.78, 5) is 7.82. The topological polar surface area (TPSA) is 70.9 Å². The van der Waals surface area contributed by atoms with Gasteiger partial charge in [-0.1, -0.05) is 18.2 Å². The molecule has 32 heavy (non-hydrogen) atoms. The minimum absolute atomic E-state index is 0.285. The average molecular weight is 427 g/mol. The van der Waals surface area contributed by atoms with E-state index in [0.29, 0.717) is 22.9 Å². The molecule has 0 aliphatic heterocycles. The van der Waals surface area contributed by atoms with E-state index in [-0.39, 0.29) is 12.4 Å². The standard InChI is InChI=1S/C26H22FN3O2/c1-16-10-22-23(11-17(16)2)30-26(29-22)20(14-28)12-19-6-9-24(25(13-19)31-3)32-15-18-4-7-21(27)8-5-18/h4-13H,15H2,1-3H3,(H,29,30)/b20-12-. The molecule has 4 rings (SSSR count). The van der Waals surface area contributed by atoms with Crippen molar-refractivity contribution in [1.29, 1.82) is 5.26 Å². The Kier molecular flexibility index (Phi) is 5.91. The minimum Gasteiger partial charge on any atom is -0.493 e. The predicted octanol–water partition coefficient (Wildman–Crippen LogP) is 5.97. The highest BCUT2D eigenvalue weighted by atomic mass is 19.1. The highest BCUT2D eigenvalue weighted by Gasteiger charge is 2.11. The number of ether oxygens (including phenoxy) is 2. The highest BCUT2D eigenvalue weighted by Crippen LogP contribution is 2.30. The van der Waals surface area contributed by atoms with E-state index < -0.39 is 0 Å². The molecular formula is C26H22FN3O2. The number of hydrogen-bond acceptors (Lipinski definition) is 4. The molecule has 0 aliphatic rings. The molecule has 1 N–H and O–H groups in total. The number of imidazole rings is 1. The van der Waals surface area contributed by atoms with E-state index >= 15 is 0 Å². The van der Waals surface area contributed by atoms with Crippen LogP contribution in [0.15, 0.2) is 54.6 Å². The van der Waals surface area contributed by atoms with Crippen LogP contribution in [-0.4, -0.2) is 17.1 Å². The molecule has 1 aromatic heterocycles. The fraction of sp³-hybridized carbons (Fsp3) is 0.154. The van der Waals surface area contributed by atoms with Crippen molar-refractivity contribution in [2.45, 2.75) is 20.5 Å². The van der Waals surface area contributed by atoms with Gasteiger partial charge in [0.15, 0.2) is 11.5 Å². The molecule has 0 fully saturated rings. The number of aryl methyl sites for hydroxylation is 2. The average Bonchev–Trinajstić information content (AvgIpc) is 3.20. The van der Waals surface area contributed by atoms with Gasteiger partial charge in [-0.25, -0.2) is 9.37 Å². The van der Waals surface area contributed by atoms with Crippen molar-refractivity contribution < 1.29 is 13.9 Å². The molecule has 0 amide bonds. The number of H-pyrrole nitrogens is 1. The summed E-state index contributed by atoms with van der Waals surface area (Å²) in [5.41, 5.74) is 6.08. The van der Waals surface area contributed by atoms with Gasteiger partial charge in [0.05, 0.1) is 23.7 Å². The SMILES string of the molecule is COc1cc(/C=C(/C#N)c2nc3cc(C)c(C)cc3[nH]2)ccc1OCc1ccc(F)cc1. The van der Waals surface area contributed by atoms with Crippen LogP contribution >= 0.6 is 0 Å². The van der Waals surface area contributed by atoms with Gasteiger partial charge in [0, 0.05) is 0 Å². The van der Waals surface area contributed by atoms with Gasteiger partial charge >= 0.3 is 0 Å². The van der Waals surface area contributed by atoms with Gasteiger partial charge in [-0.05, 0) is 78.6 Å². The normalized spacial score (nSPS) is 11.4. The lowest BCUT2D eigenvalue weighted by Gasteiger charge is -2.11. The summed E-state index contributed by atoms with van der Waals surface area (Å²) in [5.74, 6) is 1.32. The summed E-state index contributed by atoms with van der Waals surface area (Å²) in [6.45, 7) is 4.37. The van der Waals surface area contributed by atoms with Crippen LogP contribution < -0.4 is 9.47 Å². The molecule has 6 heteroatoms. The van der Waals surface area contributed by atoms with Crippen LogP contribution in [0.4, 0.5) is 4.39 Å². The van der Waals surface area contributed by atoms with Gasteiger partial charge in [0.1, 0.15) is 24.3 Å². The number of rotatable bonds is 6. The highest BCUT2D eigenvalue weighted by molar-refractivity contribution is 5.90. The zero-order chi connectivity index (χ0) is 22.7. The number of hydrogen-bond donors (Lipinski definition) is 1. The number of methoxy groups -OCH3 is 1. The molecule has 0 aliphatic carbocycles. The number of nitrogens with zero attached hydrogens (tertiary/aromatic N) is 2. The lowest BCUT2D eigenvalue weighted by Crippen LogP contribution is -1.98. The maximum absolute atomic E-state index is 13.1. The van der Waals surface area contributed by atoms with Crippen molar-refractivity contribution in [3.05, 3.63) is 88.5 Å². The van der Waals surface area contributed by atoms with Gasteiger partial charge < -0.3 is 14.5 Å². The van der Waals surface area contributed by atoms with E-state index in [2.05, 4.69) is 16.0 Å². The number of fused-ring (bicyclic) bond motifs is 1. The van der Waals surface area contributed by atoms with Gasteiger partial charge in [0.2, 0.25) is 0 Å². The van der Waals surface area contributed by atoms with Crippen LogP contribution in [0.3, 0.4) is 0 Å². The van der Waals surface area contributed by atoms with Crippen molar-refractivity contribution in [3.63, 3.8) is 0 Å². The van der Waals surface area contributed by atoms with Crippen LogP contribution in [0.25, 0.3) is 22.7 Å². The Morgan fingerprint density at radius 1 is 1.06 bits per heavy atom. The molecule has 0 spiro atoms. The Morgan fingerprint density at radius 3 is 2.53 bits per heavy atom. The molecule has 0 bridgehead atoms. The van der Waals surface area contributed by atoms with E-state index in [1.807, 2.05) is 32.0 Å². The fourth-order valence-electron chi connectivity index (χ4n) is 3.35. The molecule has 0 saturated heterocycles. The molecule has 5 nitrogen and oxygen atoms in total. The maximum atomic E-state index is 13.1. The van der Waals surface area contributed by atoms with Gasteiger partial charge in [-0.15, -0.1) is 0 Å². The second-order valence-electron chi connectivity index (χ2n) is 7.53. The second-order valence-corrected chi connectivity index (χ2v) is 7.53. The first kappa shape index (κ1) is 21.1. The van der Waals surface area contributed by atoms with Gasteiger partial charge in [0.25, 0.3) is 0 Å². The Labute approximate surface area is 185 Å². The molecule has 160 valence electrons. The zero-order valence-electron chi connectivity index (χ0n) is 18.1. The summed E-state index contributed by atoms with van der Waals surface area (Å²) < 4.78 is 24.4. The van der Waals surface area contributed by atoms with Crippen LogP contribution in [0.1, 0.15) is 28.1 Å². The summed E-state index contributed by atoms with van der Waals surface area (Å²) in [6.07, 6.45) is 1.75. The first-order chi connectivity index (χ1) is 15.5. The number of halogens is 1. The van der Waals surface area contributed by atoms with E-state index in [0.717, 1.165) is 33.3 Å². The zero-order valence-corrected chi connectivity index (χ0v) is 18.1. The number of aromatic amines is 1. The molecule has 3 aromatic carbocycles. The number of benzene rings is 3. The van der Waals surface area contributed by atoms with Crippen molar-refractivity contribution in [1.82, 2.24) is 9.97 Å². The van der Waals surface area contributed by atoms with Crippen LogP contribution in [0.5, 0.6) is 11.5 Å². The third kappa shape index (κ3) is 4.47. The monoisotopic (exact) mass is 427 g/mol. The molecule has 0 atom stereocenters. The van der Waals surface area contributed by atoms with Crippen LogP contribution in [-0.2, 0) is 6.61 Å². The smallest absolute Gasteiger partial charge is 0.161 e. The third-order valence-corrected chi connectivity index (χ3v) is 5.28. The quantitative estimate of drug-likeness (QED) is 0.385. The lowest BCUT2D eigenvalue weighted by molar-refractivity contribution is 0.284. The Morgan fingerprint density at radius 2 is 1.81 bits per heavy atom. The summed E-state index contributed by atoms with van der Waals surface area (Å²) >= 11 is 0. The van der Waals surface area contributed by atoms with Crippen LogP contribution in [0.2, 0.25) is 0 Å². The summed E-state index contributed by atoms with van der Waals surface area (Å²) in [5, 5.41) is 9.73. The van der Waals surface area contributed by atoms with Crippen LogP contribution in [0, 0.1) is 31.0 Å². The largest absolute Gasteiger partial charge is 0.493 e. The number of nitriles is 1. The molecule has 0 saturated carbocycles. The second kappa shape index (κ2) is 8.94. The number of nitrogens with one attached hydrogen (secondary N) is 1. The predicted molar refractivity (Wildman–Crippen MR) is 123 cm³/mol. The first-order valence-electron chi connectivity index (χ1n) is 10.1.